The molecule has 1 heterocycles. The van der Waals surface area contributed by atoms with E-state index < -0.39 is 118 Å². The molecule has 330 valence electrons. The molecule has 3 fully saturated rings. The molecule has 1 aliphatic heterocycles. The van der Waals surface area contributed by atoms with Crippen molar-refractivity contribution in [3.8, 4) is 0 Å². The van der Waals surface area contributed by atoms with Crippen LogP contribution >= 0.6 is 0 Å². The van der Waals surface area contributed by atoms with Crippen molar-refractivity contribution in [1.82, 2.24) is 5.32 Å². The summed E-state index contributed by atoms with van der Waals surface area (Å²) in [7, 11) is 0. The number of aliphatic hydroxyl groups is 3. The topological polar surface area (TPSA) is 231 Å². The van der Waals surface area contributed by atoms with Gasteiger partial charge in [-0.3, -0.25) is 14.4 Å². The van der Waals surface area contributed by atoms with Crippen LogP contribution in [0.25, 0.3) is 0 Å². The van der Waals surface area contributed by atoms with E-state index >= 15 is 4.79 Å². The Morgan fingerprint density at radius 1 is 0.902 bits per heavy atom. The van der Waals surface area contributed by atoms with Crippen LogP contribution in [0.5, 0.6) is 0 Å². The van der Waals surface area contributed by atoms with Gasteiger partial charge in [0.05, 0.1) is 29.6 Å². The third-order valence-electron chi connectivity index (χ3n) is 12.8. The lowest BCUT2D eigenvalue weighted by Gasteiger charge is -2.67. The number of rotatable bonds is 9. The quantitative estimate of drug-likeness (QED) is 0.160. The van der Waals surface area contributed by atoms with Gasteiger partial charge in [-0.15, -0.1) is 0 Å². The molecule has 2 bridgehead atoms. The molecule has 0 spiro atoms. The number of alkyl carbamates (subject to hydrolysis) is 1. The third-order valence-corrected chi connectivity index (χ3v) is 12.8. The van der Waals surface area contributed by atoms with Crippen LogP contribution in [0.1, 0.15) is 97.1 Å². The van der Waals surface area contributed by atoms with Crippen LogP contribution in [0.2, 0.25) is 0 Å². The SMILES string of the molecule is CC(=O)O[C@@H](C(=O)O[C@H]1C[C@@]2(O)[C@@H](OC(=O)c3ccccc3)C3[C@](C)(C(=O)[C@H](O)C(=C1C)C2(C)C)[C@@H](O)C[C@H]1OC[C@@]31OC(C)=O)[C@@H](NC(=O)OC(C)(C)C)c1ccccc1. The minimum atomic E-state index is -2.39. The molecular weight excluding hydrogens is 794 g/mol. The zero-order chi connectivity index (χ0) is 45.0. The van der Waals surface area contributed by atoms with Crippen molar-refractivity contribution in [2.24, 2.45) is 16.7 Å². The molecule has 0 aromatic heterocycles. The number of aliphatic hydroxyl groups excluding tert-OH is 2. The van der Waals surface area contributed by atoms with E-state index in [1.165, 1.54) is 39.8 Å². The maximum Gasteiger partial charge on any atom is 0.408 e. The number of carbonyl (C=O) groups excluding carboxylic acids is 6. The molecule has 2 aromatic carbocycles. The van der Waals surface area contributed by atoms with Gasteiger partial charge in [0, 0.05) is 32.1 Å². The van der Waals surface area contributed by atoms with Crippen LogP contribution in [-0.2, 0) is 47.6 Å². The highest BCUT2D eigenvalue weighted by atomic mass is 16.6. The fourth-order valence-electron chi connectivity index (χ4n) is 9.84. The molecule has 4 aliphatic rings. The molecule has 1 saturated heterocycles. The number of benzene rings is 2. The molecule has 1 amide bonds. The Morgan fingerprint density at radius 2 is 1.51 bits per heavy atom. The molecular formula is C45H55NO15. The average molecular weight is 850 g/mol. The number of ether oxygens (including phenoxy) is 6. The lowest BCUT2D eigenvalue weighted by Crippen LogP contribution is -2.81. The second-order valence-corrected chi connectivity index (χ2v) is 18.2. The molecule has 11 atom stereocenters. The molecule has 2 saturated carbocycles. The lowest BCUT2D eigenvalue weighted by atomic mass is 9.44. The number of amides is 1. The molecule has 1 unspecified atom stereocenters. The summed E-state index contributed by atoms with van der Waals surface area (Å²) in [6.07, 6.45) is -11.5. The summed E-state index contributed by atoms with van der Waals surface area (Å²) in [5.41, 5.74) is -8.34. The van der Waals surface area contributed by atoms with Crippen molar-refractivity contribution >= 4 is 35.8 Å². The molecule has 3 aliphatic carbocycles. The van der Waals surface area contributed by atoms with Gasteiger partial charge in [-0.25, -0.2) is 14.4 Å². The van der Waals surface area contributed by atoms with E-state index in [2.05, 4.69) is 5.32 Å². The largest absolute Gasteiger partial charge is 0.455 e. The van der Waals surface area contributed by atoms with Crippen LogP contribution in [-0.4, -0.2) is 111 Å². The van der Waals surface area contributed by atoms with Gasteiger partial charge in [-0.1, -0.05) is 62.4 Å². The second kappa shape index (κ2) is 16.3. The summed E-state index contributed by atoms with van der Waals surface area (Å²) in [5, 5.41) is 40.3. The van der Waals surface area contributed by atoms with E-state index in [-0.39, 0.29) is 29.7 Å². The highest BCUT2D eigenvalue weighted by Crippen LogP contribution is 2.64. The Kier molecular flexibility index (Phi) is 12.1. The van der Waals surface area contributed by atoms with Crippen molar-refractivity contribution in [2.75, 3.05) is 6.61 Å². The normalized spacial score (nSPS) is 32.5. The second-order valence-electron chi connectivity index (χ2n) is 18.2. The van der Waals surface area contributed by atoms with Crippen LogP contribution in [0.3, 0.4) is 0 Å². The van der Waals surface area contributed by atoms with Crippen molar-refractivity contribution < 1.29 is 72.5 Å². The first kappa shape index (κ1) is 45.4. The lowest BCUT2D eigenvalue weighted by molar-refractivity contribution is -0.346. The minimum Gasteiger partial charge on any atom is -0.455 e. The Balaban J connectivity index is 1.52. The maximum absolute atomic E-state index is 15.0. The van der Waals surface area contributed by atoms with E-state index in [9.17, 15) is 39.3 Å². The van der Waals surface area contributed by atoms with E-state index in [1.807, 2.05) is 0 Å². The summed E-state index contributed by atoms with van der Waals surface area (Å²) in [4.78, 5) is 82.6. The summed E-state index contributed by atoms with van der Waals surface area (Å²) in [5.74, 6) is -6.29. The first-order chi connectivity index (χ1) is 28.4. The van der Waals surface area contributed by atoms with Crippen LogP contribution in [0.4, 0.5) is 4.79 Å². The molecule has 4 N–H and O–H groups in total. The Hall–Kier alpha value is -5.16. The Labute approximate surface area is 353 Å². The standard InChI is InChI=1S/C45H55NO15/c1-23-28(58-39(53)34(57-24(2)47)32(26-16-12-10-13-17-26)46-40(54)61-41(4,5)6)21-45(55)37(59-38(52)27-18-14-11-15-19-27)35-43(9,36(51)33(50)31(23)42(45,7)8)29(49)20-30-44(35,22-56-30)60-25(3)48/h10-19,28-30,32-35,37,49-50,55H,20-22H2,1-9H3,(H,46,54)/t28-,29-,30+,32-,33+,34+,35?,37-,43+,44-,45+/m0/s1. The predicted molar refractivity (Wildman–Crippen MR) is 213 cm³/mol. The number of hydrogen-bond donors (Lipinski definition) is 4. The smallest absolute Gasteiger partial charge is 0.408 e. The van der Waals surface area contributed by atoms with Crippen molar-refractivity contribution in [3.05, 3.63) is 82.9 Å². The number of Topliss-reactive ketones (excluding diaryl/α,β-unsaturated/α-hetero) is 1. The predicted octanol–water partition coefficient (Wildman–Crippen LogP) is 3.83. The van der Waals surface area contributed by atoms with E-state index in [0.29, 0.717) is 5.56 Å². The molecule has 16 nitrogen and oxygen atoms in total. The van der Waals surface area contributed by atoms with Crippen LogP contribution in [0.15, 0.2) is 71.8 Å². The van der Waals surface area contributed by atoms with Crippen molar-refractivity contribution in [2.45, 2.75) is 135 Å². The monoisotopic (exact) mass is 849 g/mol. The highest BCUT2D eigenvalue weighted by molar-refractivity contribution is 5.94. The van der Waals surface area contributed by atoms with Gasteiger partial charge in [0.25, 0.3) is 0 Å². The summed E-state index contributed by atoms with van der Waals surface area (Å²) >= 11 is 0. The number of ketones is 1. The third kappa shape index (κ3) is 7.94. The fourth-order valence-corrected chi connectivity index (χ4v) is 9.84. The van der Waals surface area contributed by atoms with Gasteiger partial charge >= 0.3 is 30.0 Å². The molecule has 16 heteroatoms. The van der Waals surface area contributed by atoms with Crippen molar-refractivity contribution in [1.29, 1.82) is 0 Å². The fraction of sp³-hybridized carbons (Fsp3) is 0.556. The first-order valence-corrected chi connectivity index (χ1v) is 20.2. The number of hydrogen-bond acceptors (Lipinski definition) is 15. The Bertz CT molecular complexity index is 2100. The van der Waals surface area contributed by atoms with E-state index in [1.54, 1.807) is 69.3 Å². The number of carbonyl (C=O) groups is 6. The van der Waals surface area contributed by atoms with E-state index in [4.69, 9.17) is 28.4 Å². The first-order valence-electron chi connectivity index (χ1n) is 20.2. The molecule has 0 radical (unpaired) electrons. The summed E-state index contributed by atoms with van der Waals surface area (Å²) < 4.78 is 35.4. The average Bonchev–Trinajstić information content (AvgIpc) is 3.17. The van der Waals surface area contributed by atoms with Crippen LogP contribution < -0.4 is 5.32 Å². The number of esters is 4. The van der Waals surface area contributed by atoms with Gasteiger partial charge in [-0.2, -0.15) is 0 Å². The van der Waals surface area contributed by atoms with Crippen LogP contribution in [0, 0.1) is 16.7 Å². The van der Waals surface area contributed by atoms with Gasteiger partial charge in [0.1, 0.15) is 41.7 Å². The molecule has 61 heavy (non-hydrogen) atoms. The molecule has 2 aromatic rings. The zero-order valence-electron chi connectivity index (χ0n) is 35.8. The minimum absolute atomic E-state index is 0.0673. The summed E-state index contributed by atoms with van der Waals surface area (Å²) in [6, 6.07) is 14.6. The van der Waals surface area contributed by atoms with E-state index in [0.717, 1.165) is 13.8 Å². The number of nitrogens with one attached hydrogen (secondary N) is 1. The number of fused-ring (bicyclic) bond motifs is 5. The van der Waals surface area contributed by atoms with Gasteiger partial charge in [0.15, 0.2) is 11.4 Å². The molecule has 6 rings (SSSR count). The summed E-state index contributed by atoms with van der Waals surface area (Å²) in [6.45, 7) is 12.8. The van der Waals surface area contributed by atoms with Gasteiger partial charge in [0.2, 0.25) is 6.10 Å². The zero-order valence-corrected chi connectivity index (χ0v) is 35.8. The van der Waals surface area contributed by atoms with Crippen molar-refractivity contribution in [3.63, 3.8) is 0 Å². The highest BCUT2D eigenvalue weighted by Gasteiger charge is 2.78. The van der Waals surface area contributed by atoms with Gasteiger partial charge < -0.3 is 49.1 Å². The van der Waals surface area contributed by atoms with Gasteiger partial charge in [-0.05, 0) is 63.5 Å². The Morgan fingerprint density at radius 3 is 2.05 bits per heavy atom. The maximum atomic E-state index is 15.0.